The standard InChI is InChI=1S/C28H37N3O14/c1-31-20-15(21(34)18(44-27(20)40)9-41-25(38)13-6-11(29)2-4-16(13)32)8-43-28-24(37)23(36)22(35)19(45-28)10-42-26(39)14-7-12(30)3-5-17(14)33/h2-7,15,18-24,27-28,31-37,40H,8-10,29-30H2,1H3/p+1/t15-,18?,19?,20?,21-,22+,23+,24?,27+,28+/m0/s1. The van der Waals surface area contributed by atoms with Crippen molar-refractivity contribution in [1.82, 2.24) is 0 Å². The lowest BCUT2D eigenvalue weighted by molar-refractivity contribution is -0.694. The highest BCUT2D eigenvalue weighted by atomic mass is 16.7. The van der Waals surface area contributed by atoms with Crippen molar-refractivity contribution in [2.45, 2.75) is 55.2 Å². The normalized spacial score (nSPS) is 31.7. The monoisotopic (exact) mass is 640 g/mol. The van der Waals surface area contributed by atoms with Crippen molar-refractivity contribution in [2.24, 2.45) is 5.92 Å². The molecule has 2 aliphatic rings. The smallest absolute Gasteiger partial charge is 0.342 e. The first-order chi connectivity index (χ1) is 21.3. The number of rotatable bonds is 10. The van der Waals surface area contributed by atoms with E-state index in [0.29, 0.717) is 0 Å². The fraction of sp³-hybridized carbons (Fsp3) is 0.500. The van der Waals surface area contributed by atoms with Gasteiger partial charge in [0, 0.05) is 11.4 Å². The first-order valence-electron chi connectivity index (χ1n) is 14.0. The summed E-state index contributed by atoms with van der Waals surface area (Å²) in [5.41, 5.74) is 11.2. The molecule has 0 bridgehead atoms. The highest BCUT2D eigenvalue weighted by Crippen LogP contribution is 2.29. The molecule has 2 heterocycles. The van der Waals surface area contributed by atoms with Crippen LogP contribution in [0.5, 0.6) is 11.5 Å². The molecule has 4 rings (SSSR count). The van der Waals surface area contributed by atoms with E-state index in [0.717, 1.165) is 0 Å². The van der Waals surface area contributed by atoms with Crippen LogP contribution in [0.15, 0.2) is 36.4 Å². The number of hydrogen-bond donors (Lipinski definition) is 10. The van der Waals surface area contributed by atoms with Crippen LogP contribution in [0.25, 0.3) is 0 Å². The number of carbonyl (C=O) groups excluding carboxylic acids is 2. The number of phenolic OH excluding ortho intramolecular Hbond substituents is 2. The van der Waals surface area contributed by atoms with Crippen molar-refractivity contribution in [3.8, 4) is 11.5 Å². The molecule has 45 heavy (non-hydrogen) atoms. The summed E-state index contributed by atoms with van der Waals surface area (Å²) in [6.45, 7) is -1.52. The number of aliphatic hydroxyl groups excluding tert-OH is 5. The number of nitrogen functional groups attached to an aromatic ring is 2. The molecule has 248 valence electrons. The molecule has 0 radical (unpaired) electrons. The van der Waals surface area contributed by atoms with Gasteiger partial charge < -0.3 is 76.2 Å². The van der Waals surface area contributed by atoms with Gasteiger partial charge in [0.1, 0.15) is 72.4 Å². The zero-order chi connectivity index (χ0) is 33.0. The fourth-order valence-electron chi connectivity index (χ4n) is 5.13. The number of hydrogen-bond acceptors (Lipinski definition) is 16. The summed E-state index contributed by atoms with van der Waals surface area (Å²) in [6.07, 6.45) is -12.3. The van der Waals surface area contributed by atoms with Crippen molar-refractivity contribution in [1.29, 1.82) is 0 Å². The second kappa shape index (κ2) is 14.5. The van der Waals surface area contributed by atoms with Gasteiger partial charge in [0.15, 0.2) is 6.29 Å². The summed E-state index contributed by atoms with van der Waals surface area (Å²) in [5.74, 6) is -3.63. The molecule has 2 saturated heterocycles. The second-order valence-electron chi connectivity index (χ2n) is 10.7. The van der Waals surface area contributed by atoms with Gasteiger partial charge in [0.05, 0.1) is 25.7 Å². The average Bonchev–Trinajstić information content (AvgIpc) is 3.01. The zero-order valence-corrected chi connectivity index (χ0v) is 24.1. The van der Waals surface area contributed by atoms with Gasteiger partial charge in [-0.1, -0.05) is 0 Å². The molecule has 0 aliphatic carbocycles. The topological polar surface area (TPSA) is 291 Å². The molecule has 0 amide bonds. The molecule has 17 nitrogen and oxygen atoms in total. The van der Waals surface area contributed by atoms with Gasteiger partial charge in [-0.05, 0) is 36.4 Å². The van der Waals surface area contributed by atoms with Gasteiger partial charge in [-0.3, -0.25) is 0 Å². The summed E-state index contributed by atoms with van der Waals surface area (Å²) in [7, 11) is 1.61. The number of aliphatic hydroxyl groups is 5. The lowest BCUT2D eigenvalue weighted by atomic mass is 9.87. The summed E-state index contributed by atoms with van der Waals surface area (Å²) < 4.78 is 27.1. The lowest BCUT2D eigenvalue weighted by Crippen LogP contribution is -2.93. The van der Waals surface area contributed by atoms with E-state index in [1.807, 2.05) is 0 Å². The maximum atomic E-state index is 12.5. The van der Waals surface area contributed by atoms with Gasteiger partial charge in [-0.15, -0.1) is 0 Å². The molecule has 4 unspecified atom stereocenters. The Kier molecular flexibility index (Phi) is 11.0. The minimum absolute atomic E-state index is 0.185. The van der Waals surface area contributed by atoms with E-state index in [9.17, 15) is 45.3 Å². The molecule has 13 N–H and O–H groups in total. The van der Waals surface area contributed by atoms with Crippen LogP contribution < -0.4 is 16.8 Å². The van der Waals surface area contributed by atoms with Gasteiger partial charge in [-0.25, -0.2) is 9.59 Å². The minimum atomic E-state index is -1.79. The number of aromatic hydroxyl groups is 2. The van der Waals surface area contributed by atoms with Gasteiger partial charge in [0.25, 0.3) is 0 Å². The third-order valence-corrected chi connectivity index (χ3v) is 7.70. The molecule has 2 aromatic rings. The Balaban J connectivity index is 1.39. The molecule has 10 atom stereocenters. The average molecular weight is 641 g/mol. The minimum Gasteiger partial charge on any atom is -0.507 e. The van der Waals surface area contributed by atoms with E-state index in [2.05, 4.69) is 0 Å². The number of quaternary nitrogens is 1. The third kappa shape index (κ3) is 7.72. The van der Waals surface area contributed by atoms with E-state index < -0.39 is 92.1 Å². The van der Waals surface area contributed by atoms with Crippen molar-refractivity contribution in [3.05, 3.63) is 47.5 Å². The number of anilines is 2. The molecule has 0 saturated carbocycles. The second-order valence-corrected chi connectivity index (χ2v) is 10.7. The Bertz CT molecular complexity index is 1350. The van der Waals surface area contributed by atoms with Crippen LogP contribution >= 0.6 is 0 Å². The summed E-state index contributed by atoms with van der Waals surface area (Å²) in [6, 6.07) is 6.76. The number of likely N-dealkylation sites (N-methyl/N-ethyl adjacent to an activating group) is 1. The molecular formula is C28H38N3O14+. The van der Waals surface area contributed by atoms with E-state index in [-0.39, 0.29) is 34.9 Å². The Morgan fingerprint density at radius 1 is 0.756 bits per heavy atom. The summed E-state index contributed by atoms with van der Waals surface area (Å²) in [4.78, 5) is 25.0. The van der Waals surface area contributed by atoms with E-state index in [4.69, 9.17) is 35.2 Å². The van der Waals surface area contributed by atoms with Gasteiger partial charge in [-0.2, -0.15) is 0 Å². The molecule has 2 fully saturated rings. The van der Waals surface area contributed by atoms with Crippen molar-refractivity contribution >= 4 is 23.3 Å². The lowest BCUT2D eigenvalue weighted by Gasteiger charge is -2.43. The maximum absolute atomic E-state index is 12.5. The Labute approximate surface area is 256 Å². The zero-order valence-electron chi connectivity index (χ0n) is 24.1. The Hall–Kier alpha value is -3.78. The SMILES string of the molecule is C[NH2+]C1[C@H](O)OC(COC(=O)c2cc(N)ccc2O)[C@@H](O)[C@H]1CO[C@@H]1OC(COC(=O)c2cc(N)ccc2O)[C@@H](O)[C@@H](O)C1O. The largest absolute Gasteiger partial charge is 0.507 e. The van der Waals surface area contributed by atoms with Crippen LogP contribution in [0.2, 0.25) is 0 Å². The van der Waals surface area contributed by atoms with E-state index in [1.54, 1.807) is 12.4 Å². The third-order valence-electron chi connectivity index (χ3n) is 7.70. The van der Waals surface area contributed by atoms with Crippen LogP contribution in [-0.4, -0.2) is 130 Å². The first kappa shape index (κ1) is 34.1. The quantitative estimate of drug-likeness (QED) is 0.0680. The number of nitrogens with two attached hydrogens (primary N) is 3. The van der Waals surface area contributed by atoms with Crippen LogP contribution in [-0.2, 0) is 23.7 Å². The highest BCUT2D eigenvalue weighted by molar-refractivity contribution is 5.94. The number of esters is 2. The van der Waals surface area contributed by atoms with Crippen LogP contribution in [0, 0.1) is 5.92 Å². The molecular weight excluding hydrogens is 602 g/mol. The fourth-order valence-corrected chi connectivity index (χ4v) is 5.13. The number of benzene rings is 2. The van der Waals surface area contributed by atoms with E-state index in [1.165, 1.54) is 36.4 Å². The predicted molar refractivity (Wildman–Crippen MR) is 150 cm³/mol. The first-order valence-corrected chi connectivity index (χ1v) is 14.0. The van der Waals surface area contributed by atoms with Crippen molar-refractivity contribution < 1.29 is 74.3 Å². The van der Waals surface area contributed by atoms with Crippen LogP contribution in [0.3, 0.4) is 0 Å². The predicted octanol–water partition coefficient (Wildman–Crippen LogP) is -3.64. The molecule has 17 heteroatoms. The molecule has 0 spiro atoms. The van der Waals surface area contributed by atoms with Gasteiger partial charge >= 0.3 is 11.9 Å². The van der Waals surface area contributed by atoms with Crippen LogP contribution in [0.4, 0.5) is 11.4 Å². The van der Waals surface area contributed by atoms with Gasteiger partial charge in [0.2, 0.25) is 6.29 Å². The van der Waals surface area contributed by atoms with Crippen LogP contribution in [0.1, 0.15) is 20.7 Å². The number of phenols is 2. The van der Waals surface area contributed by atoms with E-state index >= 15 is 0 Å². The van der Waals surface area contributed by atoms with Crippen molar-refractivity contribution in [3.63, 3.8) is 0 Å². The Morgan fingerprint density at radius 3 is 1.78 bits per heavy atom. The molecule has 2 aromatic carbocycles. The molecule has 0 aromatic heterocycles. The summed E-state index contributed by atoms with van der Waals surface area (Å²) >= 11 is 0. The Morgan fingerprint density at radius 2 is 1.27 bits per heavy atom. The summed E-state index contributed by atoms with van der Waals surface area (Å²) in [5, 5.41) is 74.5. The number of ether oxygens (including phenoxy) is 5. The van der Waals surface area contributed by atoms with Crippen molar-refractivity contribution in [2.75, 3.05) is 38.3 Å². The maximum Gasteiger partial charge on any atom is 0.342 e. The molecule has 2 aliphatic heterocycles. The highest BCUT2D eigenvalue weighted by Gasteiger charge is 2.49. The number of carbonyl (C=O) groups is 2.